The molecule has 0 heterocycles. The number of hydrogen-bond donors (Lipinski definition) is 2. The lowest BCUT2D eigenvalue weighted by Crippen LogP contribution is -1.97. The summed E-state index contributed by atoms with van der Waals surface area (Å²) in [6, 6.07) is 0. The Kier molecular flexibility index (Phi) is 15.3. The second-order valence-electron chi connectivity index (χ2n) is 3.27. The average molecular weight is 376 g/mol. The molecule has 0 saturated heterocycles. The Hall–Kier alpha value is -1.02. The first-order valence-electron chi connectivity index (χ1n) is 5.96. The van der Waals surface area contributed by atoms with Crippen LogP contribution in [0.5, 0.6) is 0 Å². The second-order valence-corrected chi connectivity index (χ2v) is 6.28. The van der Waals surface area contributed by atoms with Crippen LogP contribution in [-0.4, -0.2) is 55.5 Å². The van der Waals surface area contributed by atoms with Crippen molar-refractivity contribution < 1.29 is 46.6 Å². The number of aliphatic imine (C=N–C) groups is 2. The molecular weight excluding hydrogens is 358 g/mol. The summed E-state index contributed by atoms with van der Waals surface area (Å²) in [5, 5.41) is 0. The molecule has 0 aliphatic rings. The molecule has 12 nitrogen and oxygen atoms in total. The van der Waals surface area contributed by atoms with Gasteiger partial charge in [-0.05, 0) is 6.42 Å². The van der Waals surface area contributed by atoms with E-state index in [-0.39, 0.29) is 19.8 Å². The first-order valence-corrected chi connectivity index (χ1v) is 8.96. The molecule has 0 aliphatic carbocycles. The van der Waals surface area contributed by atoms with Crippen LogP contribution in [0.25, 0.3) is 0 Å². The highest BCUT2D eigenvalue weighted by Gasteiger charge is 2.19. The van der Waals surface area contributed by atoms with Crippen molar-refractivity contribution in [3.8, 4) is 0 Å². The van der Waals surface area contributed by atoms with E-state index < -0.39 is 22.4 Å². The molecule has 0 amide bonds. The Bertz CT molecular complexity index is 501. The number of carbonyl (C=O) groups excluding carboxylic acids is 2. The molecule has 0 aliphatic heterocycles. The van der Waals surface area contributed by atoms with Gasteiger partial charge in [-0.15, -0.1) is 0 Å². The Morgan fingerprint density at radius 3 is 2.00 bits per heavy atom. The van der Waals surface area contributed by atoms with E-state index in [9.17, 15) is 18.7 Å². The van der Waals surface area contributed by atoms with Gasteiger partial charge in [-0.3, -0.25) is 18.1 Å². The lowest BCUT2D eigenvalue weighted by molar-refractivity contribution is 0.153. The summed E-state index contributed by atoms with van der Waals surface area (Å²) in [6.07, 6.45) is 3.02. The van der Waals surface area contributed by atoms with Gasteiger partial charge >= 0.3 is 15.6 Å². The molecular formula is C9H18N2O10P2. The van der Waals surface area contributed by atoms with Gasteiger partial charge in [0, 0.05) is 7.11 Å². The standard InChI is InChI=1S/C5H10NO5P.C4H8NO5P/c1-2-3-10-12(8,9)11-5-6-4-7;1-9-11(7,8)10-3-2-5-4-6/h2-3,5H2,1H3,(H,8,9);2-3H2,1H3,(H,7,8). The number of nitrogens with zero attached hydrogens (tertiary/aromatic N) is 2. The number of phosphoric acid groups is 2. The molecule has 2 atom stereocenters. The van der Waals surface area contributed by atoms with E-state index in [1.54, 1.807) is 6.92 Å². The van der Waals surface area contributed by atoms with Crippen LogP contribution in [0, 0.1) is 0 Å². The molecule has 0 saturated carbocycles. The highest BCUT2D eigenvalue weighted by Crippen LogP contribution is 2.43. The van der Waals surface area contributed by atoms with E-state index in [1.165, 1.54) is 6.08 Å². The van der Waals surface area contributed by atoms with E-state index in [0.717, 1.165) is 13.2 Å². The molecule has 0 rings (SSSR count). The predicted molar refractivity (Wildman–Crippen MR) is 75.9 cm³/mol. The maximum atomic E-state index is 10.8. The molecule has 0 fully saturated rings. The fraction of sp³-hybridized carbons (Fsp3) is 0.778. The largest absolute Gasteiger partial charge is 0.474 e. The summed E-state index contributed by atoms with van der Waals surface area (Å²) in [5.41, 5.74) is 0. The van der Waals surface area contributed by atoms with Crippen LogP contribution in [0.4, 0.5) is 0 Å². The summed E-state index contributed by atoms with van der Waals surface area (Å²) in [5.74, 6) is 0. The van der Waals surface area contributed by atoms with Crippen LogP contribution in [0.1, 0.15) is 13.3 Å². The minimum Gasteiger partial charge on any atom is -0.303 e. The monoisotopic (exact) mass is 376 g/mol. The smallest absolute Gasteiger partial charge is 0.303 e. The third-order valence-corrected chi connectivity index (χ3v) is 3.48. The molecule has 2 N–H and O–H groups in total. The normalized spacial score (nSPS) is 15.0. The third kappa shape index (κ3) is 18.9. The summed E-state index contributed by atoms with van der Waals surface area (Å²) in [7, 11) is -6.87. The van der Waals surface area contributed by atoms with Crippen molar-refractivity contribution in [2.24, 2.45) is 9.98 Å². The molecule has 0 radical (unpaired) electrons. The zero-order valence-electron chi connectivity index (χ0n) is 12.5. The van der Waals surface area contributed by atoms with Crippen LogP contribution in [0.15, 0.2) is 9.98 Å². The number of isocyanates is 2. The third-order valence-electron chi connectivity index (χ3n) is 1.56. The van der Waals surface area contributed by atoms with Crippen LogP contribution in [0.2, 0.25) is 0 Å². The van der Waals surface area contributed by atoms with Crippen LogP contribution in [-0.2, 0) is 36.8 Å². The van der Waals surface area contributed by atoms with E-state index in [0.29, 0.717) is 6.42 Å². The quantitative estimate of drug-likeness (QED) is 0.228. The molecule has 134 valence electrons. The summed E-state index contributed by atoms with van der Waals surface area (Å²) < 4.78 is 38.3. The predicted octanol–water partition coefficient (Wildman–Crippen LogP) is 0.909. The van der Waals surface area contributed by atoms with Gasteiger partial charge in [0.05, 0.1) is 19.8 Å². The Morgan fingerprint density at radius 1 is 0.957 bits per heavy atom. The maximum absolute atomic E-state index is 10.8. The summed E-state index contributed by atoms with van der Waals surface area (Å²) in [4.78, 5) is 42.4. The topological polar surface area (TPSA) is 170 Å². The highest BCUT2D eigenvalue weighted by atomic mass is 31.2. The van der Waals surface area contributed by atoms with Crippen molar-refractivity contribution in [3.63, 3.8) is 0 Å². The van der Waals surface area contributed by atoms with Gasteiger partial charge in [-0.1, -0.05) is 6.92 Å². The van der Waals surface area contributed by atoms with Gasteiger partial charge in [0.15, 0.2) is 6.73 Å². The van der Waals surface area contributed by atoms with E-state index in [2.05, 4.69) is 28.1 Å². The molecule has 0 aromatic carbocycles. The van der Waals surface area contributed by atoms with Gasteiger partial charge in [0.1, 0.15) is 0 Å². The van der Waals surface area contributed by atoms with Gasteiger partial charge < -0.3 is 9.79 Å². The molecule has 0 aromatic heterocycles. The zero-order chi connectivity index (χ0) is 18.2. The number of phosphoric ester groups is 2. The van der Waals surface area contributed by atoms with Crippen molar-refractivity contribution in [3.05, 3.63) is 0 Å². The Balaban J connectivity index is 0. The van der Waals surface area contributed by atoms with Crippen molar-refractivity contribution in [2.45, 2.75) is 13.3 Å². The Morgan fingerprint density at radius 2 is 1.52 bits per heavy atom. The first kappa shape index (κ1) is 24.2. The summed E-state index contributed by atoms with van der Waals surface area (Å²) >= 11 is 0. The number of hydrogen-bond acceptors (Lipinski definition) is 10. The Labute approximate surface area is 132 Å². The molecule has 14 heteroatoms. The van der Waals surface area contributed by atoms with Crippen LogP contribution < -0.4 is 0 Å². The van der Waals surface area contributed by atoms with Crippen LogP contribution >= 0.6 is 15.6 Å². The van der Waals surface area contributed by atoms with E-state index in [1.807, 2.05) is 0 Å². The van der Waals surface area contributed by atoms with Crippen molar-refractivity contribution in [1.82, 2.24) is 0 Å². The molecule has 23 heavy (non-hydrogen) atoms. The fourth-order valence-electron chi connectivity index (χ4n) is 0.672. The van der Waals surface area contributed by atoms with E-state index >= 15 is 0 Å². The van der Waals surface area contributed by atoms with Gasteiger partial charge in [0.25, 0.3) is 0 Å². The van der Waals surface area contributed by atoms with Crippen molar-refractivity contribution in [1.29, 1.82) is 0 Å². The molecule has 0 bridgehead atoms. The lowest BCUT2D eigenvalue weighted by Gasteiger charge is -2.08. The lowest BCUT2D eigenvalue weighted by atomic mass is 10.5. The molecule has 2 unspecified atom stereocenters. The zero-order valence-corrected chi connectivity index (χ0v) is 14.3. The summed E-state index contributed by atoms with van der Waals surface area (Å²) in [6.45, 7) is 1.25. The van der Waals surface area contributed by atoms with Crippen molar-refractivity contribution >= 4 is 27.8 Å². The SMILES string of the molecule is CCCOP(=O)(O)OCN=C=O.COP(=O)(O)OCCN=C=O. The minimum atomic E-state index is -4.01. The number of rotatable bonds is 11. The van der Waals surface area contributed by atoms with E-state index in [4.69, 9.17) is 9.79 Å². The van der Waals surface area contributed by atoms with Gasteiger partial charge in [-0.2, -0.15) is 4.99 Å². The van der Waals surface area contributed by atoms with Crippen molar-refractivity contribution in [2.75, 3.05) is 33.6 Å². The highest BCUT2D eigenvalue weighted by molar-refractivity contribution is 7.47. The average Bonchev–Trinajstić information content (AvgIpc) is 2.50. The molecule has 0 spiro atoms. The second kappa shape index (κ2) is 14.6. The van der Waals surface area contributed by atoms with Gasteiger partial charge in [-0.25, -0.2) is 23.7 Å². The first-order chi connectivity index (χ1) is 10.7. The minimum absolute atomic E-state index is 0.00257. The van der Waals surface area contributed by atoms with Crippen LogP contribution in [0.3, 0.4) is 0 Å². The van der Waals surface area contributed by atoms with Gasteiger partial charge in [0.2, 0.25) is 12.2 Å². The maximum Gasteiger partial charge on any atom is 0.474 e. The molecule has 0 aromatic rings. The fourth-order valence-corrected chi connectivity index (χ4v) is 1.78.